The Morgan fingerprint density at radius 3 is 2.58 bits per heavy atom. The first-order chi connectivity index (χ1) is 12.6. The zero-order valence-corrected chi connectivity index (χ0v) is 15.5. The summed E-state index contributed by atoms with van der Waals surface area (Å²) >= 11 is 5.98. The van der Waals surface area contributed by atoms with Crippen molar-refractivity contribution in [3.8, 4) is 11.8 Å². The highest BCUT2D eigenvalue weighted by molar-refractivity contribution is 6.30. The van der Waals surface area contributed by atoms with Crippen molar-refractivity contribution in [2.75, 3.05) is 26.2 Å². The molecule has 136 valence electrons. The van der Waals surface area contributed by atoms with Gasteiger partial charge >= 0.3 is 6.03 Å². The highest BCUT2D eigenvalue weighted by Gasteiger charge is 2.43. The topological polar surface area (TPSA) is 45.1 Å². The molecule has 0 aliphatic carbocycles. The number of halogens is 1. The molecule has 5 nitrogen and oxygen atoms in total. The smallest absolute Gasteiger partial charge is 0.320 e. The van der Waals surface area contributed by atoms with E-state index >= 15 is 0 Å². The molecule has 3 heterocycles. The minimum absolute atomic E-state index is 0.178. The Hall–Kier alpha value is -2.19. The Morgan fingerprint density at radius 2 is 1.85 bits per heavy atom. The first-order valence-electron chi connectivity index (χ1n) is 9.20. The number of amides is 2. The Kier molecular flexibility index (Phi) is 4.78. The molecule has 0 atom stereocenters. The van der Waals surface area contributed by atoms with E-state index in [0.717, 1.165) is 63.1 Å². The Balaban J connectivity index is 1.33. The van der Waals surface area contributed by atoms with Crippen LogP contribution in [0.4, 0.5) is 4.79 Å². The molecule has 0 unspecified atom stereocenters. The SMILES string of the molecule is O=C(N1CCCC1)N1CCC2(CC1)CC(C#Cc1cccc(Cl)c1)=NO2. The first-order valence-corrected chi connectivity index (χ1v) is 9.58. The van der Waals surface area contributed by atoms with Crippen molar-refractivity contribution in [3.63, 3.8) is 0 Å². The minimum atomic E-state index is -0.292. The molecule has 0 bridgehead atoms. The molecule has 1 aromatic rings. The van der Waals surface area contributed by atoms with Gasteiger partial charge in [-0.05, 0) is 37.0 Å². The summed E-state index contributed by atoms with van der Waals surface area (Å²) < 4.78 is 0. The number of carbonyl (C=O) groups is 1. The molecule has 2 saturated heterocycles. The Labute approximate surface area is 158 Å². The molecule has 3 aliphatic heterocycles. The van der Waals surface area contributed by atoms with Crippen LogP contribution in [0.5, 0.6) is 0 Å². The van der Waals surface area contributed by atoms with Crippen molar-refractivity contribution >= 4 is 23.3 Å². The summed E-state index contributed by atoms with van der Waals surface area (Å²) in [5, 5.41) is 4.87. The van der Waals surface area contributed by atoms with Gasteiger partial charge in [-0.1, -0.05) is 28.7 Å². The number of benzene rings is 1. The fourth-order valence-corrected chi connectivity index (χ4v) is 3.97. The highest BCUT2D eigenvalue weighted by Crippen LogP contribution is 2.35. The fraction of sp³-hybridized carbons (Fsp3) is 0.500. The first kappa shape index (κ1) is 17.2. The van der Waals surface area contributed by atoms with Crippen LogP contribution in [-0.4, -0.2) is 53.3 Å². The molecule has 1 aromatic carbocycles. The average molecular weight is 372 g/mol. The molecular formula is C20H22ClN3O2. The molecule has 6 heteroatoms. The Bertz CT molecular complexity index is 782. The molecule has 3 aliphatic rings. The molecule has 0 radical (unpaired) electrons. The van der Waals surface area contributed by atoms with Gasteiger partial charge in [-0.3, -0.25) is 0 Å². The van der Waals surface area contributed by atoms with Crippen LogP contribution in [0.25, 0.3) is 0 Å². The largest absolute Gasteiger partial charge is 0.388 e. The Morgan fingerprint density at radius 1 is 1.12 bits per heavy atom. The summed E-state index contributed by atoms with van der Waals surface area (Å²) in [6.45, 7) is 3.23. The van der Waals surface area contributed by atoms with E-state index in [0.29, 0.717) is 11.4 Å². The summed E-state index contributed by atoms with van der Waals surface area (Å²) in [5.74, 6) is 6.20. The number of piperidine rings is 1. The number of rotatable bonds is 0. The normalized spacial score (nSPS) is 21.2. The highest BCUT2D eigenvalue weighted by atomic mass is 35.5. The molecule has 4 rings (SSSR count). The van der Waals surface area contributed by atoms with Crippen LogP contribution in [0.1, 0.15) is 37.7 Å². The number of urea groups is 1. The van der Waals surface area contributed by atoms with Crippen molar-refractivity contribution < 1.29 is 9.63 Å². The maximum absolute atomic E-state index is 12.5. The van der Waals surface area contributed by atoms with Gasteiger partial charge in [0, 0.05) is 56.0 Å². The zero-order valence-electron chi connectivity index (χ0n) is 14.7. The molecule has 2 fully saturated rings. The summed E-state index contributed by atoms with van der Waals surface area (Å²) in [6, 6.07) is 7.65. The summed E-state index contributed by atoms with van der Waals surface area (Å²) in [4.78, 5) is 22.2. The third-order valence-corrected chi connectivity index (χ3v) is 5.57. The van der Waals surface area contributed by atoms with Gasteiger partial charge in [0.05, 0.1) is 0 Å². The number of carbonyl (C=O) groups excluding carboxylic acids is 1. The maximum Gasteiger partial charge on any atom is 0.320 e. The predicted octanol–water partition coefficient (Wildman–Crippen LogP) is 3.52. The van der Waals surface area contributed by atoms with Gasteiger partial charge in [-0.2, -0.15) is 0 Å². The minimum Gasteiger partial charge on any atom is -0.388 e. The van der Waals surface area contributed by atoms with Gasteiger partial charge in [-0.15, -0.1) is 0 Å². The second-order valence-corrected chi connectivity index (χ2v) is 7.65. The van der Waals surface area contributed by atoms with E-state index in [1.54, 1.807) is 0 Å². The van der Waals surface area contributed by atoms with Gasteiger partial charge in [0.1, 0.15) is 11.3 Å². The van der Waals surface area contributed by atoms with Gasteiger partial charge in [0.15, 0.2) is 0 Å². The van der Waals surface area contributed by atoms with E-state index in [4.69, 9.17) is 16.4 Å². The molecule has 0 saturated carbocycles. The van der Waals surface area contributed by atoms with Crippen LogP contribution in [0.15, 0.2) is 29.4 Å². The monoisotopic (exact) mass is 371 g/mol. The predicted molar refractivity (Wildman–Crippen MR) is 101 cm³/mol. The lowest BCUT2D eigenvalue weighted by atomic mass is 9.87. The molecule has 0 N–H and O–H groups in total. The van der Waals surface area contributed by atoms with Crippen LogP contribution in [-0.2, 0) is 4.84 Å². The summed E-state index contributed by atoms with van der Waals surface area (Å²) in [5.41, 5.74) is 1.34. The van der Waals surface area contributed by atoms with Crippen LogP contribution in [0.2, 0.25) is 5.02 Å². The number of oxime groups is 1. The van der Waals surface area contributed by atoms with Gasteiger partial charge in [-0.25, -0.2) is 4.79 Å². The van der Waals surface area contributed by atoms with E-state index in [9.17, 15) is 4.79 Å². The molecule has 1 spiro atoms. The molecule has 0 aromatic heterocycles. The van der Waals surface area contributed by atoms with Gasteiger partial charge in [0.2, 0.25) is 0 Å². The van der Waals surface area contributed by atoms with Gasteiger partial charge in [0.25, 0.3) is 0 Å². The van der Waals surface area contributed by atoms with Crippen molar-refractivity contribution in [2.45, 2.75) is 37.7 Å². The van der Waals surface area contributed by atoms with Gasteiger partial charge < -0.3 is 14.6 Å². The second-order valence-electron chi connectivity index (χ2n) is 7.21. The summed E-state index contributed by atoms with van der Waals surface area (Å²) in [6.07, 6.45) is 4.56. The quantitative estimate of drug-likeness (QED) is 0.655. The standard InChI is InChI=1S/C20H22ClN3O2/c21-17-5-3-4-16(14-17)6-7-18-15-20(26-22-18)8-12-24(13-9-20)19(25)23-10-1-2-11-23/h3-5,14H,1-2,8-13,15H2. The van der Waals surface area contributed by atoms with Crippen LogP contribution < -0.4 is 0 Å². The number of hydrogen-bond donors (Lipinski definition) is 0. The molecule has 26 heavy (non-hydrogen) atoms. The van der Waals surface area contributed by atoms with Crippen molar-refractivity contribution in [3.05, 3.63) is 34.9 Å². The average Bonchev–Trinajstić information content (AvgIpc) is 3.31. The number of hydrogen-bond acceptors (Lipinski definition) is 3. The fourth-order valence-electron chi connectivity index (χ4n) is 3.78. The molecule has 2 amide bonds. The molecular weight excluding hydrogens is 350 g/mol. The second kappa shape index (κ2) is 7.20. The van der Waals surface area contributed by atoms with Crippen LogP contribution >= 0.6 is 11.6 Å². The third-order valence-electron chi connectivity index (χ3n) is 5.34. The lowest BCUT2D eigenvalue weighted by Gasteiger charge is -2.38. The van der Waals surface area contributed by atoms with E-state index < -0.39 is 0 Å². The number of likely N-dealkylation sites (tertiary alicyclic amines) is 2. The van der Waals surface area contributed by atoms with E-state index in [-0.39, 0.29) is 11.6 Å². The lowest BCUT2D eigenvalue weighted by molar-refractivity contribution is -0.0564. The van der Waals surface area contributed by atoms with Crippen molar-refractivity contribution in [1.29, 1.82) is 0 Å². The third kappa shape index (κ3) is 3.66. The van der Waals surface area contributed by atoms with Crippen molar-refractivity contribution in [1.82, 2.24) is 9.80 Å². The van der Waals surface area contributed by atoms with Crippen molar-refractivity contribution in [2.24, 2.45) is 5.16 Å². The maximum atomic E-state index is 12.5. The van der Waals surface area contributed by atoms with Crippen LogP contribution in [0, 0.1) is 11.8 Å². The zero-order chi connectivity index (χ0) is 18.0. The number of nitrogens with zero attached hydrogens (tertiary/aromatic N) is 3. The van der Waals surface area contributed by atoms with E-state index in [1.807, 2.05) is 34.1 Å². The summed E-state index contributed by atoms with van der Waals surface area (Å²) in [7, 11) is 0. The van der Waals surface area contributed by atoms with E-state index in [2.05, 4.69) is 17.0 Å². The van der Waals surface area contributed by atoms with Crippen LogP contribution in [0.3, 0.4) is 0 Å². The lowest BCUT2D eigenvalue weighted by Crippen LogP contribution is -2.50. The van der Waals surface area contributed by atoms with E-state index in [1.165, 1.54) is 0 Å².